The number of hydrogen-bond acceptors (Lipinski definition) is 3. The van der Waals surface area contributed by atoms with E-state index in [1.165, 1.54) is 24.3 Å². The van der Waals surface area contributed by atoms with E-state index in [1.807, 2.05) is 35.2 Å². The highest BCUT2D eigenvalue weighted by Gasteiger charge is 2.31. The number of halogens is 1. The maximum absolute atomic E-state index is 13.0. The summed E-state index contributed by atoms with van der Waals surface area (Å²) in [6, 6.07) is 15.0. The van der Waals surface area contributed by atoms with Gasteiger partial charge in [-0.3, -0.25) is 14.5 Å². The summed E-state index contributed by atoms with van der Waals surface area (Å²) in [5.41, 5.74) is 1.51. The number of amides is 1. The predicted octanol–water partition coefficient (Wildman–Crippen LogP) is 2.79. The first-order valence-corrected chi connectivity index (χ1v) is 8.48. The maximum Gasteiger partial charge on any atom is 0.237 e. The van der Waals surface area contributed by atoms with Crippen molar-refractivity contribution in [2.24, 2.45) is 0 Å². The highest BCUT2D eigenvalue weighted by atomic mass is 19.1. The first-order valence-electron chi connectivity index (χ1n) is 8.48. The Labute approximate surface area is 146 Å². The van der Waals surface area contributed by atoms with Crippen LogP contribution in [0, 0.1) is 5.82 Å². The zero-order valence-electron chi connectivity index (χ0n) is 14.0. The molecule has 1 heterocycles. The van der Waals surface area contributed by atoms with Crippen molar-refractivity contribution in [2.75, 3.05) is 13.1 Å². The number of Topliss-reactive ketones (excluding diaryl/α,β-unsaturated/α-hetero) is 1. The highest BCUT2D eigenvalue weighted by Crippen LogP contribution is 2.18. The molecular formula is C20H21FN2O2. The largest absolute Gasteiger partial charge is 0.351 e. The van der Waals surface area contributed by atoms with Gasteiger partial charge in [0.05, 0.1) is 12.6 Å². The number of nitrogens with zero attached hydrogens (tertiary/aromatic N) is 1. The van der Waals surface area contributed by atoms with Crippen molar-refractivity contribution in [1.82, 2.24) is 10.2 Å². The molecule has 0 spiro atoms. The minimum atomic E-state index is -0.365. The number of ketones is 1. The van der Waals surface area contributed by atoms with Crippen LogP contribution in [0.5, 0.6) is 0 Å². The van der Waals surface area contributed by atoms with Crippen molar-refractivity contribution in [3.05, 3.63) is 71.5 Å². The number of carbonyl (C=O) groups excluding carboxylic acids is 2. The van der Waals surface area contributed by atoms with E-state index in [2.05, 4.69) is 5.32 Å². The van der Waals surface area contributed by atoms with Gasteiger partial charge < -0.3 is 5.32 Å². The number of likely N-dealkylation sites (tertiary alicyclic amines) is 1. The van der Waals surface area contributed by atoms with E-state index in [4.69, 9.17) is 0 Å². The van der Waals surface area contributed by atoms with Crippen molar-refractivity contribution in [3.8, 4) is 0 Å². The minimum Gasteiger partial charge on any atom is -0.351 e. The van der Waals surface area contributed by atoms with Crippen LogP contribution in [-0.2, 0) is 11.3 Å². The van der Waals surface area contributed by atoms with Gasteiger partial charge in [-0.05, 0) is 49.2 Å². The van der Waals surface area contributed by atoms with Crippen molar-refractivity contribution in [2.45, 2.75) is 25.4 Å². The van der Waals surface area contributed by atoms with Gasteiger partial charge in [0.15, 0.2) is 5.78 Å². The van der Waals surface area contributed by atoms with Gasteiger partial charge in [0, 0.05) is 12.1 Å². The monoisotopic (exact) mass is 340 g/mol. The molecular weight excluding hydrogens is 319 g/mol. The second kappa shape index (κ2) is 8.03. The molecule has 0 bridgehead atoms. The van der Waals surface area contributed by atoms with Crippen LogP contribution in [-0.4, -0.2) is 35.7 Å². The highest BCUT2D eigenvalue weighted by molar-refractivity contribution is 5.98. The van der Waals surface area contributed by atoms with Crippen LogP contribution in [0.4, 0.5) is 4.39 Å². The molecule has 2 aromatic rings. The molecule has 0 aliphatic carbocycles. The molecule has 1 saturated heterocycles. The minimum absolute atomic E-state index is 0.0479. The third-order valence-electron chi connectivity index (χ3n) is 4.49. The standard InChI is InChI=1S/C20H21FN2O2/c21-17-10-8-16(9-11-17)19(24)14-23-12-4-7-18(23)20(25)22-13-15-5-2-1-3-6-15/h1-3,5-6,8-11,18H,4,7,12-14H2,(H,22,25)/t18-/m0/s1. The summed E-state index contributed by atoms with van der Waals surface area (Å²) in [5.74, 6) is -0.507. The number of nitrogens with one attached hydrogen (secondary N) is 1. The van der Waals surface area contributed by atoms with Gasteiger partial charge >= 0.3 is 0 Å². The third-order valence-corrected chi connectivity index (χ3v) is 4.49. The van der Waals surface area contributed by atoms with Crippen molar-refractivity contribution in [1.29, 1.82) is 0 Å². The number of carbonyl (C=O) groups is 2. The zero-order valence-corrected chi connectivity index (χ0v) is 14.0. The molecule has 4 nitrogen and oxygen atoms in total. The van der Waals surface area contributed by atoms with Crippen molar-refractivity contribution in [3.63, 3.8) is 0 Å². The van der Waals surface area contributed by atoms with E-state index in [1.54, 1.807) is 0 Å². The molecule has 0 unspecified atom stereocenters. The normalized spacial score (nSPS) is 17.4. The molecule has 1 aliphatic heterocycles. The summed E-state index contributed by atoms with van der Waals surface area (Å²) in [5, 5.41) is 2.95. The van der Waals surface area contributed by atoms with Gasteiger partial charge in [0.2, 0.25) is 5.91 Å². The Morgan fingerprint density at radius 2 is 1.80 bits per heavy atom. The summed E-state index contributed by atoms with van der Waals surface area (Å²) in [4.78, 5) is 26.8. The molecule has 25 heavy (non-hydrogen) atoms. The Balaban J connectivity index is 1.57. The van der Waals surface area contributed by atoms with Gasteiger partial charge in [-0.1, -0.05) is 30.3 Å². The fourth-order valence-corrected chi connectivity index (χ4v) is 3.13. The zero-order chi connectivity index (χ0) is 17.6. The van der Waals surface area contributed by atoms with Crippen LogP contribution in [0.15, 0.2) is 54.6 Å². The topological polar surface area (TPSA) is 49.4 Å². The van der Waals surface area contributed by atoms with E-state index in [9.17, 15) is 14.0 Å². The smallest absolute Gasteiger partial charge is 0.237 e. The van der Waals surface area contributed by atoms with Crippen LogP contribution >= 0.6 is 0 Å². The molecule has 1 N–H and O–H groups in total. The number of benzene rings is 2. The molecule has 0 radical (unpaired) electrons. The lowest BCUT2D eigenvalue weighted by Gasteiger charge is -2.23. The van der Waals surface area contributed by atoms with Crippen LogP contribution < -0.4 is 5.32 Å². The van der Waals surface area contributed by atoms with Gasteiger partial charge in [0.25, 0.3) is 0 Å². The summed E-state index contributed by atoms with van der Waals surface area (Å²) < 4.78 is 13.0. The molecule has 0 aromatic heterocycles. The average Bonchev–Trinajstić information content (AvgIpc) is 3.09. The summed E-state index contributed by atoms with van der Waals surface area (Å²) in [6.07, 6.45) is 1.64. The predicted molar refractivity (Wildman–Crippen MR) is 93.6 cm³/mol. The number of rotatable bonds is 6. The number of hydrogen-bond donors (Lipinski definition) is 1. The van der Waals surface area contributed by atoms with Crippen LogP contribution in [0.25, 0.3) is 0 Å². The van der Waals surface area contributed by atoms with E-state index in [0.29, 0.717) is 12.1 Å². The maximum atomic E-state index is 13.0. The van der Waals surface area contributed by atoms with Gasteiger partial charge in [0.1, 0.15) is 5.82 Å². The van der Waals surface area contributed by atoms with Gasteiger partial charge in [-0.2, -0.15) is 0 Å². The molecule has 1 amide bonds. The molecule has 0 saturated carbocycles. The third kappa shape index (κ3) is 4.51. The second-order valence-corrected chi connectivity index (χ2v) is 6.26. The molecule has 130 valence electrons. The summed E-state index contributed by atoms with van der Waals surface area (Å²) in [6.45, 7) is 1.38. The quantitative estimate of drug-likeness (QED) is 0.823. The molecule has 3 rings (SSSR count). The van der Waals surface area contributed by atoms with Crippen molar-refractivity contribution < 1.29 is 14.0 Å². The van der Waals surface area contributed by atoms with Gasteiger partial charge in [-0.25, -0.2) is 4.39 Å². The van der Waals surface area contributed by atoms with E-state index in [0.717, 1.165) is 24.9 Å². The fraction of sp³-hybridized carbons (Fsp3) is 0.300. The summed E-state index contributed by atoms with van der Waals surface area (Å²) >= 11 is 0. The van der Waals surface area contributed by atoms with Gasteiger partial charge in [-0.15, -0.1) is 0 Å². The Morgan fingerprint density at radius 1 is 1.08 bits per heavy atom. The molecule has 2 aromatic carbocycles. The molecule has 5 heteroatoms. The van der Waals surface area contributed by atoms with E-state index >= 15 is 0 Å². The van der Waals surface area contributed by atoms with Crippen LogP contribution in [0.3, 0.4) is 0 Å². The SMILES string of the molecule is O=C(CN1CCC[C@H]1C(=O)NCc1ccccc1)c1ccc(F)cc1. The lowest BCUT2D eigenvalue weighted by Crippen LogP contribution is -2.44. The molecule has 1 aliphatic rings. The lowest BCUT2D eigenvalue weighted by molar-refractivity contribution is -0.125. The fourth-order valence-electron chi connectivity index (χ4n) is 3.13. The molecule has 1 fully saturated rings. The van der Waals surface area contributed by atoms with Crippen LogP contribution in [0.1, 0.15) is 28.8 Å². The summed E-state index contributed by atoms with van der Waals surface area (Å²) in [7, 11) is 0. The lowest BCUT2D eigenvalue weighted by atomic mass is 10.1. The Kier molecular flexibility index (Phi) is 5.56. The van der Waals surface area contributed by atoms with E-state index < -0.39 is 0 Å². The Hall–Kier alpha value is -2.53. The van der Waals surface area contributed by atoms with Crippen molar-refractivity contribution >= 4 is 11.7 Å². The Bertz CT molecular complexity index is 731. The molecule has 1 atom stereocenters. The van der Waals surface area contributed by atoms with E-state index in [-0.39, 0.29) is 30.1 Å². The Morgan fingerprint density at radius 3 is 2.52 bits per heavy atom. The average molecular weight is 340 g/mol. The first kappa shape index (κ1) is 17.3. The second-order valence-electron chi connectivity index (χ2n) is 6.26. The van der Waals surface area contributed by atoms with Crippen LogP contribution in [0.2, 0.25) is 0 Å². The first-order chi connectivity index (χ1) is 12.1.